The van der Waals surface area contributed by atoms with E-state index in [1.807, 2.05) is 0 Å². The average molecular weight is 214 g/mol. The summed E-state index contributed by atoms with van der Waals surface area (Å²) in [4.78, 5) is 2.52. The van der Waals surface area contributed by atoms with Crippen LogP contribution in [0.4, 0.5) is 0 Å². The first-order valence-electron chi connectivity index (χ1n) is 6.33. The molecule has 15 heavy (non-hydrogen) atoms. The van der Waals surface area contributed by atoms with Crippen LogP contribution in [0.15, 0.2) is 0 Å². The summed E-state index contributed by atoms with van der Waals surface area (Å²) in [6.07, 6.45) is 2.84. The Labute approximate surface area is 94.2 Å². The van der Waals surface area contributed by atoms with Crippen LogP contribution in [0.3, 0.4) is 0 Å². The number of nitrogens with one attached hydrogen (secondary N) is 1. The fourth-order valence-electron chi connectivity index (χ4n) is 2.05. The van der Waals surface area contributed by atoms with E-state index in [4.69, 9.17) is 4.74 Å². The Bertz CT molecular complexity index is 164. The molecule has 0 aromatic rings. The fourth-order valence-corrected chi connectivity index (χ4v) is 2.05. The Balaban J connectivity index is 2.24. The van der Waals surface area contributed by atoms with Crippen molar-refractivity contribution >= 4 is 0 Å². The van der Waals surface area contributed by atoms with Crippen molar-refractivity contribution in [1.82, 2.24) is 10.2 Å². The molecule has 0 radical (unpaired) electrons. The standard InChI is InChI=1S/C12H26N2O/c1-4-6-13-12(5-2)10-14-7-8-15-11(3)9-14/h11-13H,4-10H2,1-3H3. The van der Waals surface area contributed by atoms with Crippen LogP contribution in [-0.4, -0.2) is 49.8 Å². The highest BCUT2D eigenvalue weighted by molar-refractivity contribution is 4.74. The molecular formula is C12H26N2O. The molecule has 1 saturated heterocycles. The van der Waals surface area contributed by atoms with Crippen molar-refractivity contribution in [3.8, 4) is 0 Å². The Kier molecular flexibility index (Phi) is 6.22. The van der Waals surface area contributed by atoms with E-state index in [9.17, 15) is 0 Å². The van der Waals surface area contributed by atoms with Gasteiger partial charge in [-0.15, -0.1) is 0 Å². The summed E-state index contributed by atoms with van der Waals surface area (Å²) in [5.41, 5.74) is 0. The van der Waals surface area contributed by atoms with Crippen LogP contribution in [0, 0.1) is 0 Å². The van der Waals surface area contributed by atoms with Gasteiger partial charge in [-0.3, -0.25) is 4.90 Å². The maximum Gasteiger partial charge on any atom is 0.0674 e. The van der Waals surface area contributed by atoms with E-state index >= 15 is 0 Å². The highest BCUT2D eigenvalue weighted by Crippen LogP contribution is 2.06. The second-order valence-electron chi connectivity index (χ2n) is 4.50. The minimum absolute atomic E-state index is 0.405. The van der Waals surface area contributed by atoms with Gasteiger partial charge in [0.25, 0.3) is 0 Å². The third-order valence-corrected chi connectivity index (χ3v) is 2.98. The van der Waals surface area contributed by atoms with E-state index in [2.05, 4.69) is 31.0 Å². The van der Waals surface area contributed by atoms with E-state index in [1.54, 1.807) is 0 Å². The molecular weight excluding hydrogens is 188 g/mol. The predicted molar refractivity (Wildman–Crippen MR) is 64.2 cm³/mol. The van der Waals surface area contributed by atoms with Crippen LogP contribution in [0.5, 0.6) is 0 Å². The molecule has 2 atom stereocenters. The number of ether oxygens (including phenoxy) is 1. The van der Waals surface area contributed by atoms with Crippen molar-refractivity contribution in [2.45, 2.75) is 45.8 Å². The highest BCUT2D eigenvalue weighted by Gasteiger charge is 2.18. The quantitative estimate of drug-likeness (QED) is 0.725. The Morgan fingerprint density at radius 1 is 1.47 bits per heavy atom. The van der Waals surface area contributed by atoms with Crippen molar-refractivity contribution < 1.29 is 4.74 Å². The van der Waals surface area contributed by atoms with Crippen molar-refractivity contribution in [2.24, 2.45) is 0 Å². The second kappa shape index (κ2) is 7.20. The lowest BCUT2D eigenvalue weighted by molar-refractivity contribution is -0.0210. The fraction of sp³-hybridized carbons (Fsp3) is 1.00. The van der Waals surface area contributed by atoms with Crippen LogP contribution in [0.25, 0.3) is 0 Å². The van der Waals surface area contributed by atoms with E-state index < -0.39 is 0 Å². The predicted octanol–water partition coefficient (Wildman–Crippen LogP) is 1.49. The second-order valence-corrected chi connectivity index (χ2v) is 4.50. The molecule has 0 aromatic heterocycles. The number of morpholine rings is 1. The molecule has 1 heterocycles. The first-order valence-corrected chi connectivity index (χ1v) is 6.33. The number of hydrogen-bond acceptors (Lipinski definition) is 3. The maximum absolute atomic E-state index is 5.54. The monoisotopic (exact) mass is 214 g/mol. The van der Waals surface area contributed by atoms with Crippen LogP contribution < -0.4 is 5.32 Å². The SMILES string of the molecule is CCCNC(CC)CN1CCOC(C)C1. The van der Waals surface area contributed by atoms with Gasteiger partial charge < -0.3 is 10.1 Å². The lowest BCUT2D eigenvalue weighted by Gasteiger charge is -2.33. The van der Waals surface area contributed by atoms with Crippen LogP contribution in [0.2, 0.25) is 0 Å². The van der Waals surface area contributed by atoms with Gasteiger partial charge in [0, 0.05) is 25.7 Å². The normalized spacial score (nSPS) is 25.4. The topological polar surface area (TPSA) is 24.5 Å². The van der Waals surface area contributed by atoms with Gasteiger partial charge in [0.15, 0.2) is 0 Å². The van der Waals surface area contributed by atoms with Gasteiger partial charge in [-0.05, 0) is 26.3 Å². The Morgan fingerprint density at radius 3 is 2.87 bits per heavy atom. The van der Waals surface area contributed by atoms with E-state index in [1.165, 1.54) is 19.4 Å². The van der Waals surface area contributed by atoms with Gasteiger partial charge in [-0.2, -0.15) is 0 Å². The molecule has 0 aromatic carbocycles. The van der Waals surface area contributed by atoms with E-state index in [0.29, 0.717) is 12.1 Å². The van der Waals surface area contributed by atoms with E-state index in [-0.39, 0.29) is 0 Å². The molecule has 1 aliphatic rings. The molecule has 3 nitrogen and oxygen atoms in total. The first kappa shape index (κ1) is 12.9. The number of rotatable bonds is 6. The third-order valence-electron chi connectivity index (χ3n) is 2.98. The van der Waals surface area contributed by atoms with Gasteiger partial charge in [-0.25, -0.2) is 0 Å². The maximum atomic E-state index is 5.54. The minimum atomic E-state index is 0.405. The highest BCUT2D eigenvalue weighted by atomic mass is 16.5. The van der Waals surface area contributed by atoms with Gasteiger partial charge in [0.05, 0.1) is 12.7 Å². The molecule has 2 unspecified atom stereocenters. The minimum Gasteiger partial charge on any atom is -0.376 e. The van der Waals surface area contributed by atoms with Gasteiger partial charge in [0.2, 0.25) is 0 Å². The molecule has 1 aliphatic heterocycles. The van der Waals surface area contributed by atoms with Crippen LogP contribution >= 0.6 is 0 Å². The van der Waals surface area contributed by atoms with Crippen molar-refractivity contribution in [3.63, 3.8) is 0 Å². The Hall–Kier alpha value is -0.120. The van der Waals surface area contributed by atoms with Crippen molar-refractivity contribution in [3.05, 3.63) is 0 Å². The van der Waals surface area contributed by atoms with Gasteiger partial charge >= 0.3 is 0 Å². The summed E-state index contributed by atoms with van der Waals surface area (Å²) >= 11 is 0. The zero-order valence-electron chi connectivity index (χ0n) is 10.5. The summed E-state index contributed by atoms with van der Waals surface area (Å²) < 4.78 is 5.54. The molecule has 1 rings (SSSR count). The number of hydrogen-bond donors (Lipinski definition) is 1. The molecule has 0 saturated carbocycles. The lowest BCUT2D eigenvalue weighted by atomic mass is 10.2. The van der Waals surface area contributed by atoms with Crippen LogP contribution in [0.1, 0.15) is 33.6 Å². The molecule has 3 heteroatoms. The molecule has 90 valence electrons. The largest absolute Gasteiger partial charge is 0.376 e. The van der Waals surface area contributed by atoms with Crippen molar-refractivity contribution in [2.75, 3.05) is 32.8 Å². The van der Waals surface area contributed by atoms with Gasteiger partial charge in [-0.1, -0.05) is 13.8 Å². The molecule has 0 bridgehead atoms. The molecule has 1 N–H and O–H groups in total. The number of nitrogens with zero attached hydrogens (tertiary/aromatic N) is 1. The lowest BCUT2D eigenvalue weighted by Crippen LogP contribution is -2.47. The molecule has 0 amide bonds. The Morgan fingerprint density at radius 2 is 2.27 bits per heavy atom. The smallest absolute Gasteiger partial charge is 0.0674 e. The van der Waals surface area contributed by atoms with Gasteiger partial charge in [0.1, 0.15) is 0 Å². The zero-order valence-corrected chi connectivity index (χ0v) is 10.5. The van der Waals surface area contributed by atoms with Crippen molar-refractivity contribution in [1.29, 1.82) is 0 Å². The van der Waals surface area contributed by atoms with E-state index in [0.717, 1.165) is 26.2 Å². The zero-order chi connectivity index (χ0) is 11.1. The molecule has 0 spiro atoms. The third kappa shape index (κ3) is 4.96. The summed E-state index contributed by atoms with van der Waals surface area (Å²) in [5.74, 6) is 0. The van der Waals surface area contributed by atoms with Crippen LogP contribution in [-0.2, 0) is 4.74 Å². The summed E-state index contributed by atoms with van der Waals surface area (Å²) in [5, 5.41) is 3.60. The molecule has 0 aliphatic carbocycles. The average Bonchev–Trinajstić information content (AvgIpc) is 2.24. The summed E-state index contributed by atoms with van der Waals surface area (Å²) in [6.45, 7) is 12.0. The summed E-state index contributed by atoms with van der Waals surface area (Å²) in [6, 6.07) is 0.648. The first-order chi connectivity index (χ1) is 7.26. The molecule has 1 fully saturated rings. The summed E-state index contributed by atoms with van der Waals surface area (Å²) in [7, 11) is 0.